The highest BCUT2D eigenvalue weighted by Crippen LogP contribution is 2.33. The van der Waals surface area contributed by atoms with Crippen LogP contribution in [-0.4, -0.2) is 71.6 Å². The lowest BCUT2D eigenvalue weighted by atomic mass is 10.0. The standard InChI is InChI=1S/C29H31N5O3S/c1-37-24-10-6-5-9-23(24)32-16-13-31(14-17-32)15-18-34-20-30-27-26(29(34)36)22-11-12-33(19-25(22)38-27)28(35)21-7-3-2-4-8-21/h2-10,20H,11-19H2,1H3. The molecule has 1 fully saturated rings. The second-order valence-electron chi connectivity index (χ2n) is 9.77. The van der Waals surface area contributed by atoms with Crippen molar-refractivity contribution in [1.29, 1.82) is 0 Å². The zero-order chi connectivity index (χ0) is 26.1. The molecule has 4 heterocycles. The Morgan fingerprint density at radius 2 is 1.74 bits per heavy atom. The number of piperazine rings is 1. The number of rotatable bonds is 6. The maximum absolute atomic E-state index is 13.5. The highest BCUT2D eigenvalue weighted by atomic mass is 32.1. The van der Waals surface area contributed by atoms with Crippen molar-refractivity contribution in [2.75, 3.05) is 51.3 Å². The van der Waals surface area contributed by atoms with E-state index in [1.807, 2.05) is 53.4 Å². The largest absolute Gasteiger partial charge is 0.495 e. The van der Waals surface area contributed by atoms with Crippen LogP contribution in [0, 0.1) is 0 Å². The minimum absolute atomic E-state index is 0.0305. The van der Waals surface area contributed by atoms with E-state index in [1.54, 1.807) is 29.3 Å². The van der Waals surface area contributed by atoms with Crippen LogP contribution in [0.1, 0.15) is 20.8 Å². The van der Waals surface area contributed by atoms with E-state index >= 15 is 0 Å². The molecule has 0 N–H and O–H groups in total. The summed E-state index contributed by atoms with van der Waals surface area (Å²) in [5.41, 5.74) is 2.93. The SMILES string of the molecule is COc1ccccc1N1CCN(CCn2cnc3sc4c(c3c2=O)CCN(C(=O)c2ccccc2)C4)CC1. The fourth-order valence-electron chi connectivity index (χ4n) is 5.47. The smallest absolute Gasteiger partial charge is 0.262 e. The summed E-state index contributed by atoms with van der Waals surface area (Å²) in [6, 6.07) is 17.5. The van der Waals surface area contributed by atoms with Crippen LogP contribution in [-0.2, 0) is 19.5 Å². The number of thiophene rings is 1. The van der Waals surface area contributed by atoms with E-state index in [2.05, 4.69) is 20.9 Å². The average molecular weight is 530 g/mol. The molecule has 0 bridgehead atoms. The van der Waals surface area contributed by atoms with E-state index in [4.69, 9.17) is 4.74 Å². The summed E-state index contributed by atoms with van der Waals surface area (Å²) in [6.07, 6.45) is 2.37. The Hall–Kier alpha value is -3.69. The number of carbonyl (C=O) groups excluding carboxylic acids is 1. The molecule has 4 aromatic rings. The van der Waals surface area contributed by atoms with Gasteiger partial charge in [0.1, 0.15) is 10.6 Å². The van der Waals surface area contributed by atoms with E-state index < -0.39 is 0 Å². The number of fused-ring (bicyclic) bond motifs is 3. The van der Waals surface area contributed by atoms with Gasteiger partial charge in [0, 0.05) is 56.3 Å². The molecule has 0 unspecified atom stereocenters. The molecule has 8 nitrogen and oxygen atoms in total. The van der Waals surface area contributed by atoms with Crippen LogP contribution in [0.5, 0.6) is 5.75 Å². The molecular weight excluding hydrogens is 498 g/mol. The average Bonchev–Trinajstić information content (AvgIpc) is 3.36. The molecule has 2 aliphatic rings. The van der Waals surface area contributed by atoms with Gasteiger partial charge >= 0.3 is 0 Å². The molecule has 2 aromatic heterocycles. The molecule has 38 heavy (non-hydrogen) atoms. The van der Waals surface area contributed by atoms with Gasteiger partial charge in [-0.2, -0.15) is 0 Å². The quantitative estimate of drug-likeness (QED) is 0.381. The number of carbonyl (C=O) groups is 1. The Kier molecular flexibility index (Phi) is 6.86. The minimum atomic E-state index is 0.0305. The molecule has 196 valence electrons. The maximum Gasteiger partial charge on any atom is 0.262 e. The number of methoxy groups -OCH3 is 1. The van der Waals surface area contributed by atoms with Gasteiger partial charge in [0.05, 0.1) is 31.1 Å². The van der Waals surface area contributed by atoms with Gasteiger partial charge in [-0.3, -0.25) is 19.1 Å². The molecule has 6 rings (SSSR count). The van der Waals surface area contributed by atoms with Crippen molar-refractivity contribution in [3.63, 3.8) is 0 Å². The number of hydrogen-bond acceptors (Lipinski definition) is 7. The molecule has 0 radical (unpaired) electrons. The second kappa shape index (κ2) is 10.6. The molecule has 1 saturated heterocycles. The number of para-hydroxylation sites is 2. The Morgan fingerprint density at radius 3 is 2.53 bits per heavy atom. The van der Waals surface area contributed by atoms with Crippen molar-refractivity contribution in [3.05, 3.63) is 87.3 Å². The molecule has 2 aromatic carbocycles. The monoisotopic (exact) mass is 529 g/mol. The summed E-state index contributed by atoms with van der Waals surface area (Å²) >= 11 is 1.54. The highest BCUT2D eigenvalue weighted by Gasteiger charge is 2.27. The lowest BCUT2D eigenvalue weighted by molar-refractivity contribution is 0.0737. The van der Waals surface area contributed by atoms with E-state index in [0.29, 0.717) is 31.6 Å². The number of benzene rings is 2. The molecule has 1 amide bonds. The van der Waals surface area contributed by atoms with Crippen molar-refractivity contribution < 1.29 is 9.53 Å². The Morgan fingerprint density at radius 1 is 0.974 bits per heavy atom. The molecule has 0 saturated carbocycles. The van der Waals surface area contributed by atoms with Crippen molar-refractivity contribution in [2.24, 2.45) is 0 Å². The van der Waals surface area contributed by atoms with E-state index in [9.17, 15) is 9.59 Å². The van der Waals surface area contributed by atoms with Gasteiger partial charge in [0.15, 0.2) is 0 Å². The third kappa shape index (κ3) is 4.68. The number of hydrogen-bond donors (Lipinski definition) is 0. The van der Waals surface area contributed by atoms with Gasteiger partial charge in [0.25, 0.3) is 11.5 Å². The number of anilines is 1. The summed E-state index contributed by atoms with van der Waals surface area (Å²) in [7, 11) is 1.71. The molecule has 0 aliphatic carbocycles. The van der Waals surface area contributed by atoms with Gasteiger partial charge in [0.2, 0.25) is 0 Å². The van der Waals surface area contributed by atoms with E-state index in [-0.39, 0.29) is 11.5 Å². The summed E-state index contributed by atoms with van der Waals surface area (Å²) in [5, 5.41) is 0.736. The molecule has 0 atom stereocenters. The van der Waals surface area contributed by atoms with Crippen LogP contribution in [0.3, 0.4) is 0 Å². The predicted octanol–water partition coefficient (Wildman–Crippen LogP) is 3.49. The van der Waals surface area contributed by atoms with Crippen LogP contribution in [0.15, 0.2) is 65.7 Å². The van der Waals surface area contributed by atoms with Gasteiger partial charge < -0.3 is 14.5 Å². The lowest BCUT2D eigenvalue weighted by Gasteiger charge is -2.36. The maximum atomic E-state index is 13.5. The van der Waals surface area contributed by atoms with Crippen molar-refractivity contribution in [1.82, 2.24) is 19.4 Å². The lowest BCUT2D eigenvalue weighted by Crippen LogP contribution is -2.47. The molecule has 2 aliphatic heterocycles. The summed E-state index contributed by atoms with van der Waals surface area (Å²) in [5.74, 6) is 0.934. The van der Waals surface area contributed by atoms with Crippen LogP contribution in [0.25, 0.3) is 10.2 Å². The van der Waals surface area contributed by atoms with Crippen molar-refractivity contribution >= 4 is 33.1 Å². The van der Waals surface area contributed by atoms with E-state index in [0.717, 1.165) is 64.8 Å². The number of ether oxygens (including phenoxy) is 1. The number of nitrogens with zero attached hydrogens (tertiary/aromatic N) is 5. The van der Waals surface area contributed by atoms with Crippen LogP contribution < -0.4 is 15.2 Å². The van der Waals surface area contributed by atoms with Crippen LogP contribution in [0.4, 0.5) is 5.69 Å². The van der Waals surface area contributed by atoms with Crippen LogP contribution in [0.2, 0.25) is 0 Å². The number of amides is 1. The number of aromatic nitrogens is 2. The van der Waals surface area contributed by atoms with Gasteiger partial charge in [-0.25, -0.2) is 4.98 Å². The minimum Gasteiger partial charge on any atom is -0.495 e. The zero-order valence-corrected chi connectivity index (χ0v) is 22.3. The van der Waals surface area contributed by atoms with E-state index in [1.165, 1.54) is 0 Å². The van der Waals surface area contributed by atoms with Crippen molar-refractivity contribution in [2.45, 2.75) is 19.5 Å². The molecular formula is C29H31N5O3S. The summed E-state index contributed by atoms with van der Waals surface area (Å²) in [6.45, 7) is 6.25. The first-order chi connectivity index (χ1) is 18.6. The first-order valence-electron chi connectivity index (χ1n) is 13.1. The first kappa shape index (κ1) is 24.6. The molecule has 0 spiro atoms. The van der Waals surface area contributed by atoms with Gasteiger partial charge in [-0.1, -0.05) is 30.3 Å². The zero-order valence-electron chi connectivity index (χ0n) is 21.5. The third-order valence-corrected chi connectivity index (χ3v) is 8.72. The van der Waals surface area contributed by atoms with Gasteiger partial charge in [-0.05, 0) is 36.2 Å². The van der Waals surface area contributed by atoms with Crippen molar-refractivity contribution in [3.8, 4) is 5.75 Å². The highest BCUT2D eigenvalue weighted by molar-refractivity contribution is 7.18. The Labute approximate surface area is 225 Å². The predicted molar refractivity (Wildman–Crippen MR) is 150 cm³/mol. The topological polar surface area (TPSA) is 70.9 Å². The first-order valence-corrected chi connectivity index (χ1v) is 13.9. The second-order valence-corrected chi connectivity index (χ2v) is 10.9. The normalized spacial score (nSPS) is 16.0. The molecule has 9 heteroatoms. The Bertz CT molecular complexity index is 1510. The fraction of sp³-hybridized carbons (Fsp3) is 0.345. The van der Waals surface area contributed by atoms with Crippen LogP contribution >= 0.6 is 11.3 Å². The summed E-state index contributed by atoms with van der Waals surface area (Å²) in [4.78, 5) is 39.6. The Balaban J connectivity index is 1.12. The summed E-state index contributed by atoms with van der Waals surface area (Å²) < 4.78 is 7.28. The van der Waals surface area contributed by atoms with Gasteiger partial charge in [-0.15, -0.1) is 11.3 Å². The fourth-order valence-corrected chi connectivity index (χ4v) is 6.66. The third-order valence-electron chi connectivity index (χ3n) is 7.59.